The molecule has 0 saturated heterocycles. The third-order valence-electron chi connectivity index (χ3n) is 4.43. The van der Waals surface area contributed by atoms with Crippen LogP contribution in [0.15, 0.2) is 60.9 Å². The van der Waals surface area contributed by atoms with Crippen molar-refractivity contribution >= 4 is 17.5 Å². The third-order valence-corrected chi connectivity index (χ3v) is 4.43. The van der Waals surface area contributed by atoms with Crippen LogP contribution in [0.4, 0.5) is 11.6 Å². The Morgan fingerprint density at radius 3 is 2.39 bits per heavy atom. The smallest absolute Gasteiger partial charge is 0.258 e. The lowest BCUT2D eigenvalue weighted by Crippen LogP contribution is -2.15. The van der Waals surface area contributed by atoms with E-state index < -0.39 is 0 Å². The minimum Gasteiger partial charge on any atom is -0.496 e. The molecule has 0 saturated carbocycles. The van der Waals surface area contributed by atoms with Gasteiger partial charge in [0.2, 0.25) is 5.95 Å². The van der Waals surface area contributed by atoms with Gasteiger partial charge in [-0.1, -0.05) is 43.3 Å². The van der Waals surface area contributed by atoms with E-state index in [4.69, 9.17) is 4.74 Å². The molecular weight excluding hydrogens is 352 g/mol. The van der Waals surface area contributed by atoms with Gasteiger partial charge in [0.1, 0.15) is 5.75 Å². The van der Waals surface area contributed by atoms with Crippen molar-refractivity contribution in [1.29, 1.82) is 0 Å². The van der Waals surface area contributed by atoms with Crippen LogP contribution in [0.1, 0.15) is 28.4 Å². The molecule has 0 radical (unpaired) electrons. The van der Waals surface area contributed by atoms with Gasteiger partial charge in [0.25, 0.3) is 5.91 Å². The highest BCUT2D eigenvalue weighted by Crippen LogP contribution is 2.18. The van der Waals surface area contributed by atoms with Crippen LogP contribution in [0.5, 0.6) is 5.75 Å². The minimum atomic E-state index is -0.221. The molecular formula is C22H24N4O2. The lowest BCUT2D eigenvalue weighted by molar-refractivity contribution is 0.102. The Morgan fingerprint density at radius 1 is 1.00 bits per heavy atom. The highest BCUT2D eigenvalue weighted by atomic mass is 16.5. The molecule has 0 atom stereocenters. The predicted octanol–water partition coefficient (Wildman–Crippen LogP) is 3.95. The fourth-order valence-corrected chi connectivity index (χ4v) is 2.90. The Bertz CT molecular complexity index is 926. The van der Waals surface area contributed by atoms with Crippen molar-refractivity contribution in [1.82, 2.24) is 9.97 Å². The van der Waals surface area contributed by atoms with Gasteiger partial charge in [-0.3, -0.25) is 4.79 Å². The Kier molecular flexibility index (Phi) is 6.57. The lowest BCUT2D eigenvalue weighted by Gasteiger charge is -2.10. The highest BCUT2D eigenvalue weighted by molar-refractivity contribution is 6.04. The number of benzene rings is 2. The average Bonchev–Trinajstić information content (AvgIpc) is 2.75. The molecule has 2 N–H and O–H groups in total. The maximum atomic E-state index is 12.4. The molecule has 2 aromatic carbocycles. The number of ether oxygens (including phenoxy) is 1. The van der Waals surface area contributed by atoms with E-state index in [2.05, 4.69) is 27.5 Å². The Hall–Kier alpha value is -3.41. The molecule has 6 heteroatoms. The summed E-state index contributed by atoms with van der Waals surface area (Å²) in [5, 5.41) is 6.09. The van der Waals surface area contributed by atoms with Gasteiger partial charge in [0.05, 0.1) is 12.7 Å². The molecule has 6 nitrogen and oxygen atoms in total. The number of hydrogen-bond acceptors (Lipinski definition) is 5. The SMILES string of the molecule is CCc1ccccc1NC(=O)c1cnc(NCCc2ccccc2OC)nc1. The highest BCUT2D eigenvalue weighted by Gasteiger charge is 2.10. The molecule has 0 aliphatic carbocycles. The fraction of sp³-hybridized carbons (Fsp3) is 0.227. The van der Waals surface area contributed by atoms with E-state index in [9.17, 15) is 4.79 Å². The number of rotatable bonds is 8. The molecule has 0 bridgehead atoms. The molecule has 1 amide bonds. The number of para-hydroxylation sites is 2. The summed E-state index contributed by atoms with van der Waals surface area (Å²) in [6.45, 7) is 2.72. The summed E-state index contributed by atoms with van der Waals surface area (Å²) < 4.78 is 5.35. The second kappa shape index (κ2) is 9.50. The number of nitrogens with zero attached hydrogens (tertiary/aromatic N) is 2. The summed E-state index contributed by atoms with van der Waals surface area (Å²) in [4.78, 5) is 20.9. The lowest BCUT2D eigenvalue weighted by atomic mass is 10.1. The number of anilines is 2. The van der Waals surface area contributed by atoms with E-state index in [1.807, 2.05) is 48.5 Å². The van der Waals surface area contributed by atoms with Gasteiger partial charge in [-0.2, -0.15) is 0 Å². The zero-order valence-electron chi connectivity index (χ0n) is 16.1. The Labute approximate surface area is 165 Å². The Balaban J connectivity index is 1.56. The molecule has 3 rings (SSSR count). The van der Waals surface area contributed by atoms with Crippen molar-refractivity contribution in [2.75, 3.05) is 24.3 Å². The molecule has 28 heavy (non-hydrogen) atoms. The van der Waals surface area contributed by atoms with E-state index in [0.29, 0.717) is 18.1 Å². The number of aryl methyl sites for hydroxylation is 1. The summed E-state index contributed by atoms with van der Waals surface area (Å²) in [6, 6.07) is 15.7. The minimum absolute atomic E-state index is 0.221. The second-order valence-electron chi connectivity index (χ2n) is 6.25. The van der Waals surface area contributed by atoms with Crippen LogP contribution in [-0.4, -0.2) is 29.5 Å². The topological polar surface area (TPSA) is 76.1 Å². The zero-order valence-corrected chi connectivity index (χ0v) is 16.1. The monoisotopic (exact) mass is 376 g/mol. The first-order chi connectivity index (χ1) is 13.7. The second-order valence-corrected chi connectivity index (χ2v) is 6.25. The standard InChI is InChI=1S/C22H24N4O2/c1-3-16-8-4-6-10-19(16)26-21(27)18-14-24-22(25-15-18)23-13-12-17-9-5-7-11-20(17)28-2/h4-11,14-15H,3,12-13H2,1-2H3,(H,26,27)(H,23,24,25). The van der Waals surface area contributed by atoms with E-state index >= 15 is 0 Å². The van der Waals surface area contributed by atoms with Gasteiger partial charge < -0.3 is 15.4 Å². The number of carbonyl (C=O) groups is 1. The summed E-state index contributed by atoms with van der Waals surface area (Å²) in [6.07, 6.45) is 4.69. The van der Waals surface area contributed by atoms with E-state index in [0.717, 1.165) is 35.4 Å². The number of nitrogens with one attached hydrogen (secondary N) is 2. The van der Waals surface area contributed by atoms with Crippen molar-refractivity contribution in [3.8, 4) is 5.75 Å². The summed E-state index contributed by atoms with van der Waals surface area (Å²) in [7, 11) is 1.66. The van der Waals surface area contributed by atoms with E-state index in [1.54, 1.807) is 7.11 Å². The van der Waals surface area contributed by atoms with Crippen LogP contribution >= 0.6 is 0 Å². The molecule has 0 unspecified atom stereocenters. The fourth-order valence-electron chi connectivity index (χ4n) is 2.90. The first-order valence-electron chi connectivity index (χ1n) is 9.28. The van der Waals surface area contributed by atoms with Crippen molar-refractivity contribution < 1.29 is 9.53 Å². The zero-order chi connectivity index (χ0) is 19.8. The first-order valence-corrected chi connectivity index (χ1v) is 9.28. The first kappa shape index (κ1) is 19.4. The summed E-state index contributed by atoms with van der Waals surface area (Å²) in [5.41, 5.74) is 3.43. The van der Waals surface area contributed by atoms with E-state index in [-0.39, 0.29) is 5.91 Å². The number of hydrogen-bond donors (Lipinski definition) is 2. The van der Waals surface area contributed by atoms with E-state index in [1.165, 1.54) is 12.4 Å². The molecule has 0 fully saturated rings. The van der Waals surface area contributed by atoms with Gasteiger partial charge in [-0.25, -0.2) is 9.97 Å². The van der Waals surface area contributed by atoms with Gasteiger partial charge in [0, 0.05) is 24.6 Å². The van der Waals surface area contributed by atoms with Crippen LogP contribution < -0.4 is 15.4 Å². The van der Waals surface area contributed by atoms with Crippen LogP contribution in [0.3, 0.4) is 0 Å². The number of carbonyl (C=O) groups excluding carboxylic acids is 1. The molecule has 0 spiro atoms. The molecule has 144 valence electrons. The quantitative estimate of drug-likeness (QED) is 0.622. The maximum Gasteiger partial charge on any atom is 0.258 e. The molecule has 1 aromatic heterocycles. The van der Waals surface area contributed by atoms with Crippen molar-refractivity contribution in [2.45, 2.75) is 19.8 Å². The van der Waals surface area contributed by atoms with Gasteiger partial charge >= 0.3 is 0 Å². The van der Waals surface area contributed by atoms with Crippen molar-refractivity contribution in [3.05, 3.63) is 77.6 Å². The Morgan fingerprint density at radius 2 is 1.68 bits per heavy atom. The maximum absolute atomic E-state index is 12.4. The summed E-state index contributed by atoms with van der Waals surface area (Å²) >= 11 is 0. The molecule has 0 aliphatic heterocycles. The largest absolute Gasteiger partial charge is 0.496 e. The molecule has 1 heterocycles. The number of methoxy groups -OCH3 is 1. The van der Waals surface area contributed by atoms with Crippen LogP contribution in [-0.2, 0) is 12.8 Å². The van der Waals surface area contributed by atoms with Gasteiger partial charge in [-0.05, 0) is 36.1 Å². The van der Waals surface area contributed by atoms with Crippen LogP contribution in [0, 0.1) is 0 Å². The van der Waals surface area contributed by atoms with Crippen LogP contribution in [0.2, 0.25) is 0 Å². The number of aromatic nitrogens is 2. The molecule has 0 aliphatic rings. The number of amides is 1. The van der Waals surface area contributed by atoms with Crippen molar-refractivity contribution in [2.24, 2.45) is 0 Å². The van der Waals surface area contributed by atoms with Gasteiger partial charge in [0.15, 0.2) is 0 Å². The predicted molar refractivity (Wildman–Crippen MR) is 111 cm³/mol. The normalized spacial score (nSPS) is 10.4. The third kappa shape index (κ3) is 4.85. The van der Waals surface area contributed by atoms with Crippen molar-refractivity contribution in [3.63, 3.8) is 0 Å². The average molecular weight is 376 g/mol. The van der Waals surface area contributed by atoms with Crippen LogP contribution in [0.25, 0.3) is 0 Å². The molecule has 3 aromatic rings. The summed E-state index contributed by atoms with van der Waals surface area (Å²) in [5.74, 6) is 1.13. The van der Waals surface area contributed by atoms with Gasteiger partial charge in [-0.15, -0.1) is 0 Å².